The van der Waals surface area contributed by atoms with Gasteiger partial charge in [0.05, 0.1) is 6.26 Å². The Kier molecular flexibility index (Phi) is 3.26. The first-order valence-corrected chi connectivity index (χ1v) is 5.57. The molecule has 1 amide bonds. The van der Waals surface area contributed by atoms with Crippen LogP contribution in [0.25, 0.3) is 0 Å². The van der Waals surface area contributed by atoms with Crippen molar-refractivity contribution in [2.45, 2.75) is 32.4 Å². The first-order valence-electron chi connectivity index (χ1n) is 5.57. The molecule has 1 heterocycles. The molecule has 88 valence electrons. The Hall–Kier alpha value is -1.33. The lowest BCUT2D eigenvalue weighted by Crippen LogP contribution is -2.31. The molecule has 0 saturated heterocycles. The number of furan rings is 1. The molecule has 0 atom stereocenters. The van der Waals surface area contributed by atoms with Crippen molar-refractivity contribution in [2.24, 2.45) is 5.84 Å². The monoisotopic (exact) mass is 223 g/mol. The zero-order chi connectivity index (χ0) is 11.5. The van der Waals surface area contributed by atoms with E-state index in [1.54, 1.807) is 0 Å². The molecule has 0 unspecified atom stereocenters. The number of nitrogens with zero attached hydrogens (tertiary/aromatic N) is 1. The molecule has 5 nitrogen and oxygen atoms in total. The van der Waals surface area contributed by atoms with Gasteiger partial charge in [0.1, 0.15) is 0 Å². The van der Waals surface area contributed by atoms with Gasteiger partial charge in [-0.1, -0.05) is 6.92 Å². The first kappa shape index (κ1) is 11.2. The van der Waals surface area contributed by atoms with E-state index in [4.69, 9.17) is 10.3 Å². The Balaban J connectivity index is 2.08. The van der Waals surface area contributed by atoms with E-state index >= 15 is 0 Å². The van der Waals surface area contributed by atoms with Crippen LogP contribution in [0, 0.1) is 0 Å². The topological polar surface area (TPSA) is 71.5 Å². The van der Waals surface area contributed by atoms with Crippen molar-refractivity contribution in [3.8, 4) is 0 Å². The lowest BCUT2D eigenvalue weighted by Gasteiger charge is -2.19. The van der Waals surface area contributed by atoms with E-state index in [0.717, 1.165) is 18.7 Å². The van der Waals surface area contributed by atoms with Crippen molar-refractivity contribution in [1.29, 1.82) is 0 Å². The first-order chi connectivity index (χ1) is 7.76. The Morgan fingerprint density at radius 2 is 2.44 bits per heavy atom. The van der Waals surface area contributed by atoms with Crippen LogP contribution in [-0.4, -0.2) is 23.4 Å². The number of amides is 1. The van der Waals surface area contributed by atoms with Crippen LogP contribution in [-0.2, 0) is 6.54 Å². The van der Waals surface area contributed by atoms with Crippen LogP contribution >= 0.6 is 0 Å². The number of hydrogen-bond acceptors (Lipinski definition) is 4. The van der Waals surface area contributed by atoms with Crippen LogP contribution in [0.3, 0.4) is 0 Å². The molecule has 0 spiro atoms. The summed E-state index contributed by atoms with van der Waals surface area (Å²) in [6.07, 6.45) is 4.04. The van der Waals surface area contributed by atoms with Crippen molar-refractivity contribution in [3.63, 3.8) is 0 Å². The number of nitrogens with two attached hydrogens (primary N) is 1. The van der Waals surface area contributed by atoms with Gasteiger partial charge in [0.2, 0.25) is 0 Å². The number of nitrogen functional groups attached to an aromatic ring is 1. The third-order valence-corrected chi connectivity index (χ3v) is 2.93. The van der Waals surface area contributed by atoms with E-state index in [0.29, 0.717) is 11.8 Å². The molecule has 1 saturated carbocycles. The fourth-order valence-corrected chi connectivity index (χ4v) is 1.88. The summed E-state index contributed by atoms with van der Waals surface area (Å²) < 4.78 is 5.14. The van der Waals surface area contributed by atoms with Crippen molar-refractivity contribution < 1.29 is 9.21 Å². The average molecular weight is 223 g/mol. The van der Waals surface area contributed by atoms with Crippen LogP contribution in [0.2, 0.25) is 0 Å². The summed E-state index contributed by atoms with van der Waals surface area (Å²) in [5.74, 6) is 5.05. The highest BCUT2D eigenvalue weighted by atomic mass is 16.3. The average Bonchev–Trinajstić information content (AvgIpc) is 3.04. The van der Waals surface area contributed by atoms with Gasteiger partial charge >= 0.3 is 5.91 Å². The third kappa shape index (κ3) is 2.25. The maximum Gasteiger partial charge on any atom is 0.301 e. The van der Waals surface area contributed by atoms with Gasteiger partial charge in [-0.25, -0.2) is 5.84 Å². The highest BCUT2D eigenvalue weighted by molar-refractivity contribution is 5.92. The Labute approximate surface area is 94.6 Å². The van der Waals surface area contributed by atoms with E-state index in [9.17, 15) is 4.79 Å². The minimum atomic E-state index is -0.369. The summed E-state index contributed by atoms with van der Waals surface area (Å²) in [7, 11) is 0. The van der Waals surface area contributed by atoms with E-state index in [1.807, 2.05) is 6.07 Å². The van der Waals surface area contributed by atoms with Crippen molar-refractivity contribution in [3.05, 3.63) is 23.7 Å². The normalized spacial score (nSPS) is 15.4. The van der Waals surface area contributed by atoms with Crippen LogP contribution < -0.4 is 11.3 Å². The fourth-order valence-electron chi connectivity index (χ4n) is 1.88. The summed E-state index contributed by atoms with van der Waals surface area (Å²) in [6, 6.07) is 2.50. The molecule has 0 aromatic carbocycles. The quantitative estimate of drug-likeness (QED) is 0.441. The number of hydrogen-bond donors (Lipinski definition) is 2. The van der Waals surface area contributed by atoms with Crippen molar-refractivity contribution in [1.82, 2.24) is 10.3 Å². The number of carbonyl (C=O) groups is 1. The molecule has 1 aromatic rings. The van der Waals surface area contributed by atoms with E-state index in [1.165, 1.54) is 19.1 Å². The third-order valence-electron chi connectivity index (χ3n) is 2.93. The second-order valence-corrected chi connectivity index (χ2v) is 4.04. The van der Waals surface area contributed by atoms with Gasteiger partial charge < -0.3 is 4.42 Å². The fraction of sp³-hybridized carbons (Fsp3) is 0.545. The predicted molar refractivity (Wildman–Crippen MR) is 59.5 cm³/mol. The van der Waals surface area contributed by atoms with E-state index in [-0.39, 0.29) is 5.91 Å². The molecule has 1 fully saturated rings. The van der Waals surface area contributed by atoms with Gasteiger partial charge in [0, 0.05) is 18.2 Å². The lowest BCUT2D eigenvalue weighted by atomic mass is 10.2. The maximum absolute atomic E-state index is 11.4. The molecule has 3 N–H and O–H groups in total. The van der Waals surface area contributed by atoms with Gasteiger partial charge in [-0.2, -0.15) is 0 Å². The van der Waals surface area contributed by atoms with Crippen molar-refractivity contribution >= 4 is 5.91 Å². The number of hydrazine groups is 1. The van der Waals surface area contributed by atoms with Gasteiger partial charge in [-0.05, 0) is 25.5 Å². The molecule has 1 aromatic heterocycles. The zero-order valence-corrected chi connectivity index (χ0v) is 9.40. The molecular formula is C11H17N3O2. The number of rotatable bonds is 5. The van der Waals surface area contributed by atoms with Crippen LogP contribution in [0.1, 0.15) is 35.9 Å². The largest absolute Gasteiger partial charge is 0.459 e. The second kappa shape index (κ2) is 4.67. The number of carbonyl (C=O) groups excluding carboxylic acids is 1. The molecular weight excluding hydrogens is 206 g/mol. The summed E-state index contributed by atoms with van der Waals surface area (Å²) >= 11 is 0. The van der Waals surface area contributed by atoms with E-state index < -0.39 is 0 Å². The Morgan fingerprint density at radius 3 is 3.00 bits per heavy atom. The van der Waals surface area contributed by atoms with Gasteiger partial charge in [-0.15, -0.1) is 0 Å². The highest BCUT2D eigenvalue weighted by Crippen LogP contribution is 2.28. The van der Waals surface area contributed by atoms with Crippen LogP contribution in [0.5, 0.6) is 0 Å². The molecule has 0 aliphatic heterocycles. The van der Waals surface area contributed by atoms with Crippen molar-refractivity contribution in [2.75, 3.05) is 6.54 Å². The van der Waals surface area contributed by atoms with E-state index in [2.05, 4.69) is 17.2 Å². The minimum Gasteiger partial charge on any atom is -0.459 e. The Morgan fingerprint density at radius 1 is 1.69 bits per heavy atom. The zero-order valence-electron chi connectivity index (χ0n) is 9.40. The summed E-state index contributed by atoms with van der Waals surface area (Å²) in [5, 5.41) is 0. The van der Waals surface area contributed by atoms with Gasteiger partial charge in [-0.3, -0.25) is 15.1 Å². The molecule has 2 rings (SSSR count). The maximum atomic E-state index is 11.4. The molecule has 0 radical (unpaired) electrons. The summed E-state index contributed by atoms with van der Waals surface area (Å²) in [5.41, 5.74) is 2.99. The Bertz CT molecular complexity index is 371. The van der Waals surface area contributed by atoms with Crippen LogP contribution in [0.15, 0.2) is 16.7 Å². The SMILES string of the molecule is CCN(Cc1ccoc1C(=O)NN)C1CC1. The summed E-state index contributed by atoms with van der Waals surface area (Å²) in [4.78, 5) is 13.7. The molecule has 1 aliphatic carbocycles. The molecule has 0 bridgehead atoms. The van der Waals surface area contributed by atoms with Gasteiger partial charge in [0.25, 0.3) is 0 Å². The summed E-state index contributed by atoms with van der Waals surface area (Å²) in [6.45, 7) is 3.86. The molecule has 16 heavy (non-hydrogen) atoms. The van der Waals surface area contributed by atoms with Gasteiger partial charge in [0.15, 0.2) is 5.76 Å². The van der Waals surface area contributed by atoms with Crippen LogP contribution in [0.4, 0.5) is 0 Å². The lowest BCUT2D eigenvalue weighted by molar-refractivity contribution is 0.0923. The number of nitrogens with one attached hydrogen (secondary N) is 1. The standard InChI is InChI=1S/C11H17N3O2/c1-2-14(9-3-4-9)7-8-5-6-16-10(8)11(15)13-12/h5-6,9H,2-4,7,12H2,1H3,(H,13,15). The molecule has 5 heteroatoms. The smallest absolute Gasteiger partial charge is 0.301 e. The predicted octanol–water partition coefficient (Wildman–Crippen LogP) is 0.867. The highest BCUT2D eigenvalue weighted by Gasteiger charge is 2.29. The second-order valence-electron chi connectivity index (χ2n) is 4.04. The minimum absolute atomic E-state index is 0.321. The molecule has 1 aliphatic rings.